The molecule has 0 radical (unpaired) electrons. The van der Waals surface area contributed by atoms with Gasteiger partial charge in [0, 0.05) is 5.56 Å². The number of nitrogens with zero attached hydrogens (tertiary/aromatic N) is 2. The minimum atomic E-state index is -0.309. The van der Waals surface area contributed by atoms with Gasteiger partial charge in [0.15, 0.2) is 16.6 Å². The highest BCUT2D eigenvalue weighted by Gasteiger charge is 2.08. The van der Waals surface area contributed by atoms with Gasteiger partial charge in [-0.15, -0.1) is 0 Å². The standard InChI is InChI=1S/C19H20N4O3S/c1-3-25-15-8-5-12(9-16(15)26-4-2)11-21-23-18(24)13-6-7-14-17(10-13)27-19(20)22-14/h5-11H,3-4H2,1-2H3,(H2,20,22)(H,23,24)/b21-11-. The molecule has 140 valence electrons. The van der Waals surface area contributed by atoms with Gasteiger partial charge in [-0.2, -0.15) is 5.10 Å². The molecule has 3 N–H and O–H groups in total. The van der Waals surface area contributed by atoms with Crippen LogP contribution in [0, 0.1) is 0 Å². The molecule has 3 rings (SSSR count). The van der Waals surface area contributed by atoms with E-state index < -0.39 is 0 Å². The van der Waals surface area contributed by atoms with Crippen molar-refractivity contribution < 1.29 is 14.3 Å². The van der Waals surface area contributed by atoms with Gasteiger partial charge in [0.1, 0.15) is 0 Å². The third-order valence-corrected chi connectivity index (χ3v) is 4.46. The SMILES string of the molecule is CCOc1ccc(/C=N\NC(=O)c2ccc3nc(N)sc3c2)cc1OCC. The second-order valence-electron chi connectivity index (χ2n) is 5.51. The van der Waals surface area contributed by atoms with Gasteiger partial charge in [0.2, 0.25) is 0 Å². The van der Waals surface area contributed by atoms with Crippen LogP contribution in [0.4, 0.5) is 5.13 Å². The zero-order valence-electron chi connectivity index (χ0n) is 15.1. The number of hydrogen-bond acceptors (Lipinski definition) is 7. The normalized spacial score (nSPS) is 11.0. The summed E-state index contributed by atoms with van der Waals surface area (Å²) in [5.41, 5.74) is 10.3. The molecule has 0 unspecified atom stereocenters. The number of carbonyl (C=O) groups is 1. The van der Waals surface area contributed by atoms with Crippen LogP contribution in [0.15, 0.2) is 41.5 Å². The van der Waals surface area contributed by atoms with Gasteiger partial charge in [-0.3, -0.25) is 4.79 Å². The topological polar surface area (TPSA) is 98.8 Å². The van der Waals surface area contributed by atoms with Crippen molar-refractivity contribution in [2.75, 3.05) is 18.9 Å². The quantitative estimate of drug-likeness (QED) is 0.480. The van der Waals surface area contributed by atoms with Crippen LogP contribution in [0.5, 0.6) is 11.5 Å². The largest absolute Gasteiger partial charge is 0.490 e. The van der Waals surface area contributed by atoms with E-state index in [9.17, 15) is 4.79 Å². The molecule has 27 heavy (non-hydrogen) atoms. The van der Waals surface area contributed by atoms with Crippen molar-refractivity contribution in [1.29, 1.82) is 0 Å². The minimum Gasteiger partial charge on any atom is -0.490 e. The first-order valence-electron chi connectivity index (χ1n) is 8.49. The summed E-state index contributed by atoms with van der Waals surface area (Å²) in [6, 6.07) is 10.7. The molecule has 0 fully saturated rings. The molecule has 0 aliphatic carbocycles. The van der Waals surface area contributed by atoms with E-state index in [0.29, 0.717) is 35.4 Å². The summed E-state index contributed by atoms with van der Waals surface area (Å²) >= 11 is 1.34. The fraction of sp³-hybridized carbons (Fsp3) is 0.211. The molecule has 3 aromatic rings. The summed E-state index contributed by atoms with van der Waals surface area (Å²) in [5.74, 6) is 1.01. The fourth-order valence-electron chi connectivity index (χ4n) is 2.46. The molecular formula is C19H20N4O3S. The van der Waals surface area contributed by atoms with E-state index in [0.717, 1.165) is 15.8 Å². The summed E-state index contributed by atoms with van der Waals surface area (Å²) in [4.78, 5) is 16.4. The highest BCUT2D eigenvalue weighted by molar-refractivity contribution is 7.22. The second kappa shape index (κ2) is 8.50. The van der Waals surface area contributed by atoms with E-state index in [4.69, 9.17) is 15.2 Å². The number of aromatic nitrogens is 1. The van der Waals surface area contributed by atoms with Gasteiger partial charge >= 0.3 is 0 Å². The Labute approximate surface area is 160 Å². The molecule has 2 aromatic carbocycles. The lowest BCUT2D eigenvalue weighted by Gasteiger charge is -2.11. The molecule has 0 bridgehead atoms. The Morgan fingerprint density at radius 1 is 1.19 bits per heavy atom. The van der Waals surface area contributed by atoms with Crippen molar-refractivity contribution in [2.45, 2.75) is 13.8 Å². The number of ether oxygens (including phenoxy) is 2. The molecule has 0 spiro atoms. The van der Waals surface area contributed by atoms with Crippen LogP contribution in [-0.2, 0) is 0 Å². The molecule has 0 saturated heterocycles. The van der Waals surface area contributed by atoms with E-state index >= 15 is 0 Å². The molecule has 1 aromatic heterocycles. The number of anilines is 1. The number of carbonyl (C=O) groups excluding carboxylic acids is 1. The Bertz CT molecular complexity index is 984. The number of fused-ring (bicyclic) bond motifs is 1. The zero-order chi connectivity index (χ0) is 19.2. The first-order valence-corrected chi connectivity index (χ1v) is 9.31. The highest BCUT2D eigenvalue weighted by Crippen LogP contribution is 2.28. The molecule has 8 heteroatoms. The zero-order valence-corrected chi connectivity index (χ0v) is 15.9. The summed E-state index contributed by atoms with van der Waals surface area (Å²) < 4.78 is 12.0. The number of thiazole rings is 1. The van der Waals surface area contributed by atoms with Crippen molar-refractivity contribution in [3.05, 3.63) is 47.5 Å². The van der Waals surface area contributed by atoms with Crippen molar-refractivity contribution in [2.24, 2.45) is 5.10 Å². The molecule has 1 heterocycles. The Balaban J connectivity index is 1.70. The van der Waals surface area contributed by atoms with Crippen LogP contribution in [0.3, 0.4) is 0 Å². The number of hydrazone groups is 1. The van der Waals surface area contributed by atoms with E-state index in [1.807, 2.05) is 32.0 Å². The van der Waals surface area contributed by atoms with Crippen LogP contribution < -0.4 is 20.6 Å². The first-order chi connectivity index (χ1) is 13.1. The Hall–Kier alpha value is -3.13. The molecule has 0 aliphatic rings. The average molecular weight is 384 g/mol. The Morgan fingerprint density at radius 3 is 2.74 bits per heavy atom. The average Bonchev–Trinajstić information content (AvgIpc) is 3.03. The predicted molar refractivity (Wildman–Crippen MR) is 108 cm³/mol. The van der Waals surface area contributed by atoms with Gasteiger partial charge in [-0.1, -0.05) is 11.3 Å². The molecule has 0 aliphatic heterocycles. The van der Waals surface area contributed by atoms with E-state index in [-0.39, 0.29) is 5.91 Å². The van der Waals surface area contributed by atoms with Crippen molar-refractivity contribution in [3.8, 4) is 11.5 Å². The summed E-state index contributed by atoms with van der Waals surface area (Å²) in [6.07, 6.45) is 1.55. The Kier molecular flexibility index (Phi) is 5.87. The minimum absolute atomic E-state index is 0.309. The number of amides is 1. The van der Waals surface area contributed by atoms with E-state index in [1.54, 1.807) is 24.4 Å². The van der Waals surface area contributed by atoms with Gasteiger partial charge in [-0.05, 0) is 55.8 Å². The first kappa shape index (κ1) is 18.7. The number of rotatable bonds is 7. The van der Waals surface area contributed by atoms with Gasteiger partial charge in [0.25, 0.3) is 5.91 Å². The lowest BCUT2D eigenvalue weighted by molar-refractivity contribution is 0.0955. The molecule has 0 atom stereocenters. The monoisotopic (exact) mass is 384 g/mol. The van der Waals surface area contributed by atoms with Crippen LogP contribution in [-0.4, -0.2) is 30.3 Å². The molecule has 0 saturated carbocycles. The van der Waals surface area contributed by atoms with Crippen molar-refractivity contribution in [1.82, 2.24) is 10.4 Å². The molecule has 1 amide bonds. The predicted octanol–water partition coefficient (Wildman–Crippen LogP) is 3.44. The van der Waals surface area contributed by atoms with Crippen LogP contribution in [0.1, 0.15) is 29.8 Å². The molecular weight excluding hydrogens is 364 g/mol. The lowest BCUT2D eigenvalue weighted by atomic mass is 10.2. The number of nitrogens with one attached hydrogen (secondary N) is 1. The van der Waals surface area contributed by atoms with Crippen molar-refractivity contribution >= 4 is 38.8 Å². The number of benzene rings is 2. The fourth-order valence-corrected chi connectivity index (χ4v) is 3.24. The van der Waals surface area contributed by atoms with Gasteiger partial charge in [-0.25, -0.2) is 10.4 Å². The number of hydrogen-bond donors (Lipinski definition) is 2. The van der Waals surface area contributed by atoms with Gasteiger partial charge in [0.05, 0.1) is 29.6 Å². The highest BCUT2D eigenvalue weighted by atomic mass is 32.1. The van der Waals surface area contributed by atoms with Crippen LogP contribution in [0.2, 0.25) is 0 Å². The van der Waals surface area contributed by atoms with Crippen LogP contribution in [0.25, 0.3) is 10.2 Å². The smallest absolute Gasteiger partial charge is 0.271 e. The number of nitrogens with two attached hydrogens (primary N) is 1. The molecule has 7 nitrogen and oxygen atoms in total. The summed E-state index contributed by atoms with van der Waals surface area (Å²) in [7, 11) is 0. The lowest BCUT2D eigenvalue weighted by Crippen LogP contribution is -2.17. The second-order valence-corrected chi connectivity index (χ2v) is 6.57. The Morgan fingerprint density at radius 2 is 1.96 bits per heavy atom. The maximum absolute atomic E-state index is 12.3. The number of nitrogen functional groups attached to an aromatic ring is 1. The third kappa shape index (κ3) is 4.53. The maximum Gasteiger partial charge on any atom is 0.271 e. The van der Waals surface area contributed by atoms with Crippen LogP contribution >= 0.6 is 11.3 Å². The summed E-state index contributed by atoms with van der Waals surface area (Å²) in [6.45, 7) is 4.91. The van der Waals surface area contributed by atoms with E-state index in [1.165, 1.54) is 11.3 Å². The third-order valence-electron chi connectivity index (χ3n) is 3.61. The van der Waals surface area contributed by atoms with Gasteiger partial charge < -0.3 is 15.2 Å². The maximum atomic E-state index is 12.3. The van der Waals surface area contributed by atoms with E-state index in [2.05, 4.69) is 15.5 Å². The summed E-state index contributed by atoms with van der Waals surface area (Å²) in [5, 5.41) is 4.50. The van der Waals surface area contributed by atoms with Crippen molar-refractivity contribution in [3.63, 3.8) is 0 Å².